The van der Waals surface area contributed by atoms with E-state index in [1.165, 1.54) is 0 Å². The number of amides is 1. The van der Waals surface area contributed by atoms with Gasteiger partial charge in [-0.3, -0.25) is 9.59 Å². The quantitative estimate of drug-likeness (QED) is 0.838. The lowest BCUT2D eigenvalue weighted by Crippen LogP contribution is -2.33. The Morgan fingerprint density at radius 3 is 2.63 bits per heavy atom. The highest BCUT2D eigenvalue weighted by atomic mass is 79.9. The number of halogens is 1. The van der Waals surface area contributed by atoms with Crippen LogP contribution in [0.3, 0.4) is 0 Å². The molecule has 0 bridgehead atoms. The maximum atomic E-state index is 11.3. The van der Waals surface area contributed by atoms with Gasteiger partial charge < -0.3 is 15.2 Å². The van der Waals surface area contributed by atoms with Crippen LogP contribution in [0.1, 0.15) is 25.3 Å². The Morgan fingerprint density at radius 2 is 2.11 bits per heavy atom. The van der Waals surface area contributed by atoms with Crippen molar-refractivity contribution >= 4 is 27.8 Å². The van der Waals surface area contributed by atoms with E-state index in [4.69, 9.17) is 9.84 Å². The Balaban J connectivity index is 2.54. The lowest BCUT2D eigenvalue weighted by atomic mass is 10.0. The number of ether oxygens (including phenoxy) is 1. The number of aliphatic carboxylic acids is 1. The first kappa shape index (κ1) is 15.5. The summed E-state index contributed by atoms with van der Waals surface area (Å²) >= 11 is 3.38. The standard InChI is InChI=1S/C13H16BrNO4/c1-8(2)9-3-4-11(10(14)5-9)19-7-12(16)15-6-13(17)18/h3-5,8H,6-7H2,1-2H3,(H,15,16)(H,17,18). The molecular weight excluding hydrogens is 314 g/mol. The molecule has 1 aromatic rings. The summed E-state index contributed by atoms with van der Waals surface area (Å²) in [7, 11) is 0. The molecule has 0 atom stereocenters. The number of carboxylic acid groups (broad SMARTS) is 1. The van der Waals surface area contributed by atoms with Gasteiger partial charge in [0, 0.05) is 0 Å². The van der Waals surface area contributed by atoms with E-state index in [0.717, 1.165) is 10.0 Å². The highest BCUT2D eigenvalue weighted by Gasteiger charge is 2.08. The Hall–Kier alpha value is -1.56. The van der Waals surface area contributed by atoms with E-state index in [9.17, 15) is 9.59 Å². The Bertz CT molecular complexity index is 474. The molecule has 0 saturated heterocycles. The largest absolute Gasteiger partial charge is 0.483 e. The first-order valence-electron chi connectivity index (χ1n) is 5.81. The molecule has 104 valence electrons. The maximum Gasteiger partial charge on any atom is 0.322 e. The molecule has 19 heavy (non-hydrogen) atoms. The molecule has 1 rings (SSSR count). The summed E-state index contributed by atoms with van der Waals surface area (Å²) in [5, 5.41) is 10.6. The van der Waals surface area contributed by atoms with Gasteiger partial charge in [-0.2, -0.15) is 0 Å². The number of carbonyl (C=O) groups is 2. The molecule has 0 heterocycles. The third-order valence-electron chi connectivity index (χ3n) is 2.42. The van der Waals surface area contributed by atoms with Crippen molar-refractivity contribution in [3.63, 3.8) is 0 Å². The van der Waals surface area contributed by atoms with Gasteiger partial charge in [-0.05, 0) is 39.5 Å². The summed E-state index contributed by atoms with van der Waals surface area (Å²) in [5.41, 5.74) is 1.16. The van der Waals surface area contributed by atoms with Crippen LogP contribution in [0.5, 0.6) is 5.75 Å². The van der Waals surface area contributed by atoms with E-state index in [-0.39, 0.29) is 6.61 Å². The molecule has 0 aliphatic rings. The van der Waals surface area contributed by atoms with Crippen molar-refractivity contribution in [2.45, 2.75) is 19.8 Å². The molecule has 0 unspecified atom stereocenters. The average molecular weight is 330 g/mol. The molecule has 6 heteroatoms. The third-order valence-corrected chi connectivity index (χ3v) is 3.04. The van der Waals surface area contributed by atoms with E-state index in [1.807, 2.05) is 12.1 Å². The van der Waals surface area contributed by atoms with Gasteiger partial charge in [0.15, 0.2) is 6.61 Å². The molecule has 1 aromatic carbocycles. The fraction of sp³-hybridized carbons (Fsp3) is 0.385. The summed E-state index contributed by atoms with van der Waals surface area (Å²) < 4.78 is 6.08. The van der Waals surface area contributed by atoms with Crippen LogP contribution in [0, 0.1) is 0 Å². The highest BCUT2D eigenvalue weighted by Crippen LogP contribution is 2.28. The van der Waals surface area contributed by atoms with Gasteiger partial charge in [0.1, 0.15) is 12.3 Å². The summed E-state index contributed by atoms with van der Waals surface area (Å²) in [6.07, 6.45) is 0. The zero-order chi connectivity index (χ0) is 14.4. The maximum absolute atomic E-state index is 11.3. The second kappa shape index (κ2) is 7.13. The van der Waals surface area contributed by atoms with Crippen LogP contribution in [-0.2, 0) is 9.59 Å². The van der Waals surface area contributed by atoms with E-state index < -0.39 is 18.4 Å². The smallest absolute Gasteiger partial charge is 0.322 e. The van der Waals surface area contributed by atoms with E-state index >= 15 is 0 Å². The van der Waals surface area contributed by atoms with Crippen LogP contribution < -0.4 is 10.1 Å². The Kier molecular flexibility index (Phi) is 5.82. The summed E-state index contributed by atoms with van der Waals surface area (Å²) in [6, 6.07) is 5.65. The van der Waals surface area contributed by atoms with Gasteiger partial charge in [-0.15, -0.1) is 0 Å². The Morgan fingerprint density at radius 1 is 1.42 bits per heavy atom. The van der Waals surface area contributed by atoms with Gasteiger partial charge in [-0.25, -0.2) is 0 Å². The molecule has 0 radical (unpaired) electrons. The highest BCUT2D eigenvalue weighted by molar-refractivity contribution is 9.10. The normalized spacial score (nSPS) is 10.3. The van der Waals surface area contributed by atoms with Crippen LogP contribution in [0.15, 0.2) is 22.7 Å². The summed E-state index contributed by atoms with van der Waals surface area (Å²) in [4.78, 5) is 21.6. The molecule has 0 aromatic heterocycles. The van der Waals surface area contributed by atoms with E-state index in [2.05, 4.69) is 35.1 Å². The zero-order valence-electron chi connectivity index (χ0n) is 10.8. The van der Waals surface area contributed by atoms with Gasteiger partial charge in [0.25, 0.3) is 5.91 Å². The number of carboxylic acids is 1. The molecule has 0 spiro atoms. The monoisotopic (exact) mass is 329 g/mol. The fourth-order valence-corrected chi connectivity index (χ4v) is 1.87. The van der Waals surface area contributed by atoms with Crippen molar-refractivity contribution in [1.82, 2.24) is 5.32 Å². The van der Waals surface area contributed by atoms with Gasteiger partial charge in [-0.1, -0.05) is 19.9 Å². The van der Waals surface area contributed by atoms with Crippen molar-refractivity contribution in [2.75, 3.05) is 13.2 Å². The van der Waals surface area contributed by atoms with Crippen molar-refractivity contribution in [3.05, 3.63) is 28.2 Å². The van der Waals surface area contributed by atoms with E-state index in [0.29, 0.717) is 11.7 Å². The summed E-state index contributed by atoms with van der Waals surface area (Å²) in [6.45, 7) is 3.55. The lowest BCUT2D eigenvalue weighted by molar-refractivity contribution is -0.138. The van der Waals surface area contributed by atoms with Crippen LogP contribution in [0.4, 0.5) is 0 Å². The van der Waals surface area contributed by atoms with Crippen molar-refractivity contribution in [2.24, 2.45) is 0 Å². The number of rotatable bonds is 6. The summed E-state index contributed by atoms with van der Waals surface area (Å²) in [5.74, 6) is -0.600. The first-order chi connectivity index (χ1) is 8.90. The number of hydrogen-bond donors (Lipinski definition) is 2. The molecular formula is C13H16BrNO4. The van der Waals surface area contributed by atoms with Gasteiger partial charge >= 0.3 is 5.97 Å². The van der Waals surface area contributed by atoms with Gasteiger partial charge in [0.2, 0.25) is 0 Å². The molecule has 0 aliphatic heterocycles. The van der Waals surface area contributed by atoms with Crippen LogP contribution in [0.2, 0.25) is 0 Å². The molecule has 0 fully saturated rings. The second-order valence-corrected chi connectivity index (χ2v) is 5.16. The zero-order valence-corrected chi connectivity index (χ0v) is 12.4. The van der Waals surface area contributed by atoms with Crippen molar-refractivity contribution in [3.8, 4) is 5.75 Å². The predicted molar refractivity (Wildman–Crippen MR) is 74.4 cm³/mol. The van der Waals surface area contributed by atoms with E-state index in [1.54, 1.807) is 6.07 Å². The minimum atomic E-state index is -1.09. The average Bonchev–Trinajstić information content (AvgIpc) is 2.34. The number of nitrogens with one attached hydrogen (secondary N) is 1. The molecule has 0 saturated carbocycles. The van der Waals surface area contributed by atoms with Crippen molar-refractivity contribution in [1.29, 1.82) is 0 Å². The molecule has 1 amide bonds. The molecule has 0 aliphatic carbocycles. The number of benzene rings is 1. The van der Waals surface area contributed by atoms with Crippen molar-refractivity contribution < 1.29 is 19.4 Å². The third kappa shape index (κ3) is 5.30. The first-order valence-corrected chi connectivity index (χ1v) is 6.60. The van der Waals surface area contributed by atoms with Gasteiger partial charge in [0.05, 0.1) is 4.47 Å². The predicted octanol–water partition coefficient (Wildman–Crippen LogP) is 2.15. The second-order valence-electron chi connectivity index (χ2n) is 4.30. The topological polar surface area (TPSA) is 75.6 Å². The fourth-order valence-electron chi connectivity index (χ4n) is 1.36. The Labute approximate surface area is 120 Å². The molecule has 2 N–H and O–H groups in total. The number of carbonyl (C=O) groups excluding carboxylic acids is 1. The molecule has 5 nitrogen and oxygen atoms in total. The minimum absolute atomic E-state index is 0.215. The lowest BCUT2D eigenvalue weighted by Gasteiger charge is -2.11. The minimum Gasteiger partial charge on any atom is -0.483 e. The van der Waals surface area contributed by atoms with Crippen LogP contribution >= 0.6 is 15.9 Å². The SMILES string of the molecule is CC(C)c1ccc(OCC(=O)NCC(=O)O)c(Br)c1. The van der Waals surface area contributed by atoms with Crippen LogP contribution in [0.25, 0.3) is 0 Å². The van der Waals surface area contributed by atoms with Crippen LogP contribution in [-0.4, -0.2) is 30.1 Å². The number of hydrogen-bond acceptors (Lipinski definition) is 3.